The van der Waals surface area contributed by atoms with Crippen LogP contribution in [0.15, 0.2) is 0 Å². The van der Waals surface area contributed by atoms with Gasteiger partial charge in [0.15, 0.2) is 0 Å². The van der Waals surface area contributed by atoms with Crippen molar-refractivity contribution in [1.82, 2.24) is 4.90 Å². The van der Waals surface area contributed by atoms with E-state index < -0.39 is 0 Å². The molecule has 0 saturated heterocycles. The lowest BCUT2D eigenvalue weighted by atomic mass is 10.1. The van der Waals surface area contributed by atoms with E-state index in [0.29, 0.717) is 33.0 Å². The minimum atomic E-state index is -0.199. The lowest BCUT2D eigenvalue weighted by molar-refractivity contribution is 0.00186. The molecule has 0 bridgehead atoms. The fraction of sp³-hybridized carbons (Fsp3) is 1.00. The Hall–Kier alpha value is -0.200. The van der Waals surface area contributed by atoms with Crippen molar-refractivity contribution in [2.45, 2.75) is 39.2 Å². The van der Waals surface area contributed by atoms with Gasteiger partial charge in [0, 0.05) is 18.7 Å². The van der Waals surface area contributed by atoms with Crippen molar-refractivity contribution >= 4 is 0 Å². The molecule has 0 aromatic rings. The fourth-order valence-electron chi connectivity index (χ4n) is 1.41. The molecule has 0 aromatic heterocycles. The van der Waals surface area contributed by atoms with Gasteiger partial charge in [-0.3, -0.25) is 4.90 Å². The molecule has 0 aliphatic heterocycles. The molecular weight excluding hydrogens is 258 g/mol. The lowest BCUT2D eigenvalue weighted by Gasteiger charge is -2.33. The number of hydrogen-bond donors (Lipinski definition) is 1. The topological polar surface area (TPSA) is 51.2 Å². The summed E-state index contributed by atoms with van der Waals surface area (Å²) in [5, 5.41) is 9.23. The molecule has 5 heteroatoms. The summed E-state index contributed by atoms with van der Waals surface area (Å²) in [5.74, 6) is 0. The van der Waals surface area contributed by atoms with E-state index in [1.165, 1.54) is 0 Å². The average molecular weight is 291 g/mol. The highest BCUT2D eigenvalue weighted by Gasteiger charge is 2.21. The Labute approximate surface area is 124 Å². The van der Waals surface area contributed by atoms with E-state index >= 15 is 0 Å². The Bertz CT molecular complexity index is 212. The third-order valence-corrected chi connectivity index (χ3v) is 3.38. The number of ether oxygens (including phenoxy) is 3. The van der Waals surface area contributed by atoms with Gasteiger partial charge in [-0.25, -0.2) is 0 Å². The molecule has 0 aliphatic rings. The predicted octanol–water partition coefficient (Wildman–Crippen LogP) is 1.54. The monoisotopic (exact) mass is 291 g/mol. The van der Waals surface area contributed by atoms with E-state index in [4.69, 9.17) is 14.2 Å². The second kappa shape index (κ2) is 12.5. The molecule has 0 fully saturated rings. The molecule has 20 heavy (non-hydrogen) atoms. The third kappa shape index (κ3) is 10.6. The second-order valence-electron chi connectivity index (χ2n) is 5.58. The molecule has 0 unspecified atom stereocenters. The van der Waals surface area contributed by atoms with Gasteiger partial charge in [0.25, 0.3) is 0 Å². The second-order valence-corrected chi connectivity index (χ2v) is 5.58. The quantitative estimate of drug-likeness (QED) is 0.492. The first-order valence-electron chi connectivity index (χ1n) is 7.60. The maximum atomic E-state index is 9.23. The standard InChI is InChI=1S/C15H33NO4/c1-5-6-8-18-10-12-20-13-11-19-9-7-16(4)15(2,3)14-17/h17H,5-14H2,1-4H3. The van der Waals surface area contributed by atoms with Crippen LogP contribution in [0.3, 0.4) is 0 Å². The summed E-state index contributed by atoms with van der Waals surface area (Å²) in [6, 6.07) is 0. The molecular formula is C15H33NO4. The van der Waals surface area contributed by atoms with Crippen molar-refractivity contribution in [3.63, 3.8) is 0 Å². The third-order valence-electron chi connectivity index (χ3n) is 3.38. The molecule has 0 spiro atoms. The molecule has 0 aliphatic carbocycles. The fourth-order valence-corrected chi connectivity index (χ4v) is 1.41. The Morgan fingerprint density at radius 2 is 1.40 bits per heavy atom. The predicted molar refractivity (Wildman–Crippen MR) is 81.2 cm³/mol. The summed E-state index contributed by atoms with van der Waals surface area (Å²) in [7, 11) is 1.99. The molecule has 0 aromatic carbocycles. The van der Waals surface area contributed by atoms with E-state index in [1.807, 2.05) is 20.9 Å². The van der Waals surface area contributed by atoms with Gasteiger partial charge >= 0.3 is 0 Å². The summed E-state index contributed by atoms with van der Waals surface area (Å²) in [5.41, 5.74) is -0.199. The van der Waals surface area contributed by atoms with Gasteiger partial charge in [-0.2, -0.15) is 0 Å². The van der Waals surface area contributed by atoms with Crippen LogP contribution in [0.2, 0.25) is 0 Å². The molecule has 122 valence electrons. The number of aliphatic hydroxyl groups excluding tert-OH is 1. The van der Waals surface area contributed by atoms with Crippen molar-refractivity contribution < 1.29 is 19.3 Å². The first kappa shape index (κ1) is 19.8. The number of nitrogens with zero attached hydrogens (tertiary/aromatic N) is 1. The van der Waals surface area contributed by atoms with Crippen molar-refractivity contribution in [2.75, 3.05) is 59.8 Å². The van der Waals surface area contributed by atoms with Gasteiger partial charge in [-0.05, 0) is 27.3 Å². The van der Waals surface area contributed by atoms with Crippen molar-refractivity contribution in [3.05, 3.63) is 0 Å². The molecule has 5 nitrogen and oxygen atoms in total. The van der Waals surface area contributed by atoms with E-state index in [1.54, 1.807) is 0 Å². The minimum Gasteiger partial charge on any atom is -0.394 e. The smallest absolute Gasteiger partial charge is 0.0701 e. The van der Waals surface area contributed by atoms with E-state index in [0.717, 1.165) is 26.0 Å². The maximum absolute atomic E-state index is 9.23. The number of aliphatic hydroxyl groups is 1. The zero-order valence-electron chi connectivity index (χ0n) is 13.7. The first-order valence-corrected chi connectivity index (χ1v) is 7.60. The number of rotatable bonds is 14. The molecule has 0 atom stereocenters. The SMILES string of the molecule is CCCCOCCOCCOCCN(C)C(C)(C)CO. The first-order chi connectivity index (χ1) is 9.54. The normalized spacial score (nSPS) is 12.3. The Kier molecular flexibility index (Phi) is 12.4. The van der Waals surface area contributed by atoms with Gasteiger partial charge in [0.1, 0.15) is 0 Å². The van der Waals surface area contributed by atoms with E-state index in [-0.39, 0.29) is 12.1 Å². The van der Waals surface area contributed by atoms with Gasteiger partial charge in [0.2, 0.25) is 0 Å². The van der Waals surface area contributed by atoms with Crippen LogP contribution >= 0.6 is 0 Å². The van der Waals surface area contributed by atoms with Gasteiger partial charge in [-0.15, -0.1) is 0 Å². The largest absolute Gasteiger partial charge is 0.394 e. The van der Waals surface area contributed by atoms with Crippen LogP contribution in [0, 0.1) is 0 Å². The molecule has 0 rings (SSSR count). The average Bonchev–Trinajstić information content (AvgIpc) is 2.44. The molecule has 0 saturated carbocycles. The van der Waals surface area contributed by atoms with Crippen molar-refractivity contribution in [1.29, 1.82) is 0 Å². The summed E-state index contributed by atoms with van der Waals surface area (Å²) in [6.07, 6.45) is 2.27. The Balaban J connectivity index is 3.25. The van der Waals surface area contributed by atoms with Gasteiger partial charge < -0.3 is 19.3 Å². The molecule has 0 heterocycles. The number of likely N-dealkylation sites (N-methyl/N-ethyl adjacent to an activating group) is 1. The summed E-state index contributed by atoms with van der Waals surface area (Å²) < 4.78 is 16.3. The minimum absolute atomic E-state index is 0.143. The number of hydrogen-bond acceptors (Lipinski definition) is 5. The van der Waals surface area contributed by atoms with Crippen LogP contribution in [0.1, 0.15) is 33.6 Å². The van der Waals surface area contributed by atoms with Crippen LogP contribution in [-0.4, -0.2) is 75.4 Å². The van der Waals surface area contributed by atoms with Crippen molar-refractivity contribution in [2.24, 2.45) is 0 Å². The van der Waals surface area contributed by atoms with Crippen LogP contribution in [-0.2, 0) is 14.2 Å². The molecule has 0 amide bonds. The highest BCUT2D eigenvalue weighted by Crippen LogP contribution is 2.09. The Morgan fingerprint density at radius 3 is 1.90 bits per heavy atom. The van der Waals surface area contributed by atoms with Crippen molar-refractivity contribution in [3.8, 4) is 0 Å². The highest BCUT2D eigenvalue weighted by atomic mass is 16.5. The van der Waals surface area contributed by atoms with E-state index in [2.05, 4.69) is 11.8 Å². The highest BCUT2D eigenvalue weighted by molar-refractivity contribution is 4.77. The van der Waals surface area contributed by atoms with Crippen LogP contribution in [0.5, 0.6) is 0 Å². The van der Waals surface area contributed by atoms with Crippen LogP contribution in [0.25, 0.3) is 0 Å². The zero-order valence-corrected chi connectivity index (χ0v) is 13.7. The molecule has 1 N–H and O–H groups in total. The van der Waals surface area contributed by atoms with Crippen LogP contribution < -0.4 is 0 Å². The van der Waals surface area contributed by atoms with E-state index in [9.17, 15) is 5.11 Å². The maximum Gasteiger partial charge on any atom is 0.0701 e. The summed E-state index contributed by atoms with van der Waals surface area (Å²) >= 11 is 0. The summed E-state index contributed by atoms with van der Waals surface area (Å²) in [4.78, 5) is 2.09. The zero-order chi connectivity index (χ0) is 15.3. The number of unbranched alkanes of at least 4 members (excludes halogenated alkanes) is 1. The lowest BCUT2D eigenvalue weighted by Crippen LogP contribution is -2.45. The van der Waals surface area contributed by atoms with Gasteiger partial charge in [0.05, 0.1) is 39.6 Å². The van der Waals surface area contributed by atoms with Crippen LogP contribution in [0.4, 0.5) is 0 Å². The van der Waals surface area contributed by atoms with Gasteiger partial charge in [-0.1, -0.05) is 13.3 Å². The summed E-state index contributed by atoms with van der Waals surface area (Å²) in [6.45, 7) is 11.1. The Morgan fingerprint density at radius 1 is 0.900 bits per heavy atom. The molecule has 0 radical (unpaired) electrons.